The van der Waals surface area contributed by atoms with Gasteiger partial charge in [-0.25, -0.2) is 8.42 Å². The molecule has 26 heavy (non-hydrogen) atoms. The molecule has 0 fully saturated rings. The molecule has 140 valence electrons. The predicted octanol–water partition coefficient (Wildman–Crippen LogP) is 4.63. The quantitative estimate of drug-likeness (QED) is 0.685. The zero-order chi connectivity index (χ0) is 19.5. The van der Waals surface area contributed by atoms with Crippen molar-refractivity contribution in [1.29, 1.82) is 0 Å². The standard InChI is InChI=1S/C18H20BrClN2O3S/c1-12(2)13-4-7-15(8-5-13)22(26(3,24)25)11-18(23)21-14-6-9-16(19)17(20)10-14/h4-10,12H,11H2,1-3H3,(H,21,23). The number of sulfonamides is 1. The molecule has 0 atom stereocenters. The maximum atomic E-state index is 12.3. The zero-order valence-electron chi connectivity index (χ0n) is 14.7. The van der Waals surface area contributed by atoms with Gasteiger partial charge < -0.3 is 5.32 Å². The number of rotatable bonds is 6. The topological polar surface area (TPSA) is 66.5 Å². The van der Waals surface area contributed by atoms with E-state index in [2.05, 4.69) is 35.1 Å². The summed E-state index contributed by atoms with van der Waals surface area (Å²) in [5.41, 5.74) is 2.03. The lowest BCUT2D eigenvalue weighted by atomic mass is 10.0. The number of hydrogen-bond donors (Lipinski definition) is 1. The summed E-state index contributed by atoms with van der Waals surface area (Å²) in [4.78, 5) is 12.3. The van der Waals surface area contributed by atoms with Crippen LogP contribution >= 0.6 is 27.5 Å². The van der Waals surface area contributed by atoms with Gasteiger partial charge in [0.1, 0.15) is 6.54 Å². The SMILES string of the molecule is CC(C)c1ccc(N(CC(=O)Nc2ccc(Br)c(Cl)c2)S(C)(=O)=O)cc1. The van der Waals surface area contributed by atoms with E-state index in [0.717, 1.165) is 16.1 Å². The molecule has 1 amide bonds. The molecule has 0 heterocycles. The minimum atomic E-state index is -3.61. The molecule has 0 spiro atoms. The third-order valence-electron chi connectivity index (χ3n) is 3.74. The molecule has 0 saturated heterocycles. The molecule has 2 rings (SSSR count). The molecule has 2 aromatic carbocycles. The first-order valence-corrected chi connectivity index (χ1v) is 10.9. The average Bonchev–Trinajstić information content (AvgIpc) is 2.55. The second-order valence-electron chi connectivity index (χ2n) is 6.19. The van der Waals surface area contributed by atoms with Crippen molar-refractivity contribution in [1.82, 2.24) is 0 Å². The predicted molar refractivity (Wildman–Crippen MR) is 111 cm³/mol. The fraction of sp³-hybridized carbons (Fsp3) is 0.278. The van der Waals surface area contributed by atoms with Crippen molar-refractivity contribution < 1.29 is 13.2 Å². The summed E-state index contributed by atoms with van der Waals surface area (Å²) >= 11 is 9.28. The van der Waals surface area contributed by atoms with Crippen molar-refractivity contribution in [2.45, 2.75) is 19.8 Å². The molecule has 2 aromatic rings. The summed E-state index contributed by atoms with van der Waals surface area (Å²) in [7, 11) is -3.61. The van der Waals surface area contributed by atoms with Gasteiger partial charge in [-0.1, -0.05) is 37.6 Å². The number of carbonyl (C=O) groups is 1. The number of nitrogens with zero attached hydrogens (tertiary/aromatic N) is 1. The molecular weight excluding hydrogens is 440 g/mol. The van der Waals surface area contributed by atoms with Crippen molar-refractivity contribution in [2.75, 3.05) is 22.4 Å². The van der Waals surface area contributed by atoms with Crippen molar-refractivity contribution in [2.24, 2.45) is 0 Å². The first-order valence-electron chi connectivity index (χ1n) is 7.90. The molecule has 0 unspecified atom stereocenters. The summed E-state index contributed by atoms with van der Waals surface area (Å²) in [6.07, 6.45) is 1.08. The first-order chi connectivity index (χ1) is 12.1. The molecule has 0 radical (unpaired) electrons. The van der Waals surface area contributed by atoms with Gasteiger partial charge in [0.05, 0.1) is 17.0 Å². The Morgan fingerprint density at radius 1 is 1.19 bits per heavy atom. The highest BCUT2D eigenvalue weighted by Crippen LogP contribution is 2.26. The van der Waals surface area contributed by atoms with Crippen LogP contribution < -0.4 is 9.62 Å². The Morgan fingerprint density at radius 3 is 2.31 bits per heavy atom. The van der Waals surface area contributed by atoms with E-state index in [-0.39, 0.29) is 6.54 Å². The van der Waals surface area contributed by atoms with Gasteiger partial charge in [0.25, 0.3) is 0 Å². The molecule has 0 aliphatic carbocycles. The number of amides is 1. The van der Waals surface area contributed by atoms with Crippen molar-refractivity contribution >= 4 is 54.8 Å². The number of hydrogen-bond acceptors (Lipinski definition) is 3. The fourth-order valence-electron chi connectivity index (χ4n) is 2.33. The minimum absolute atomic E-state index is 0.326. The van der Waals surface area contributed by atoms with Gasteiger partial charge in [0.2, 0.25) is 15.9 Å². The van der Waals surface area contributed by atoms with Crippen LogP contribution in [0.25, 0.3) is 0 Å². The number of carbonyl (C=O) groups excluding carboxylic acids is 1. The molecule has 8 heteroatoms. The van der Waals surface area contributed by atoms with Crippen LogP contribution in [0.3, 0.4) is 0 Å². The lowest BCUT2D eigenvalue weighted by molar-refractivity contribution is -0.114. The molecule has 0 aliphatic heterocycles. The Kier molecular flexibility index (Phi) is 6.71. The van der Waals surface area contributed by atoms with Gasteiger partial charge in [-0.2, -0.15) is 0 Å². The van der Waals surface area contributed by atoms with Crippen LogP contribution in [0.4, 0.5) is 11.4 Å². The Bertz CT molecular complexity index is 899. The lowest BCUT2D eigenvalue weighted by Gasteiger charge is -2.22. The second kappa shape index (κ2) is 8.41. The van der Waals surface area contributed by atoms with Crippen LogP contribution in [-0.4, -0.2) is 27.1 Å². The minimum Gasteiger partial charge on any atom is -0.324 e. The van der Waals surface area contributed by atoms with Crippen molar-refractivity contribution in [3.05, 3.63) is 57.5 Å². The van der Waals surface area contributed by atoms with E-state index in [4.69, 9.17) is 11.6 Å². The van der Waals surface area contributed by atoms with Crippen LogP contribution in [0.5, 0.6) is 0 Å². The van der Waals surface area contributed by atoms with E-state index >= 15 is 0 Å². The van der Waals surface area contributed by atoms with Crippen molar-refractivity contribution in [3.8, 4) is 0 Å². The largest absolute Gasteiger partial charge is 0.324 e. The van der Waals surface area contributed by atoms with Gasteiger partial charge in [0.15, 0.2) is 0 Å². The van der Waals surface area contributed by atoms with Crippen molar-refractivity contribution in [3.63, 3.8) is 0 Å². The Labute approximate surface area is 167 Å². The maximum Gasteiger partial charge on any atom is 0.245 e. The molecule has 0 saturated carbocycles. The van der Waals surface area contributed by atoms with Crippen LogP contribution in [0.1, 0.15) is 25.3 Å². The molecule has 1 N–H and O–H groups in total. The molecule has 5 nitrogen and oxygen atoms in total. The first kappa shape index (κ1) is 20.7. The van der Waals surface area contributed by atoms with Gasteiger partial charge in [-0.15, -0.1) is 0 Å². The van der Waals surface area contributed by atoms with E-state index < -0.39 is 15.9 Å². The van der Waals surface area contributed by atoms with Crippen LogP contribution in [0, 0.1) is 0 Å². The highest BCUT2D eigenvalue weighted by Gasteiger charge is 2.21. The molecule has 0 aliphatic rings. The maximum absolute atomic E-state index is 12.3. The number of halogens is 2. The monoisotopic (exact) mass is 458 g/mol. The summed E-state index contributed by atoms with van der Waals surface area (Å²) in [6.45, 7) is 3.79. The van der Waals surface area contributed by atoms with Gasteiger partial charge >= 0.3 is 0 Å². The van der Waals surface area contributed by atoms with Gasteiger partial charge in [-0.05, 0) is 57.7 Å². The van der Waals surface area contributed by atoms with Gasteiger partial charge in [-0.3, -0.25) is 9.10 Å². The van der Waals surface area contributed by atoms with E-state index in [1.165, 1.54) is 0 Å². The van der Waals surface area contributed by atoms with E-state index in [1.54, 1.807) is 30.3 Å². The third-order valence-corrected chi connectivity index (χ3v) is 6.11. The molecule has 0 aromatic heterocycles. The Hall–Kier alpha value is -1.57. The van der Waals surface area contributed by atoms with Gasteiger partial charge in [0, 0.05) is 10.2 Å². The molecular formula is C18H20BrClN2O3S. The van der Waals surface area contributed by atoms with Crippen LogP contribution in [-0.2, 0) is 14.8 Å². The normalized spacial score (nSPS) is 11.5. The molecule has 0 bridgehead atoms. The fourth-order valence-corrected chi connectivity index (χ4v) is 3.61. The average molecular weight is 460 g/mol. The van der Waals surface area contributed by atoms with Crippen LogP contribution in [0.2, 0.25) is 5.02 Å². The third kappa shape index (κ3) is 5.46. The number of anilines is 2. The zero-order valence-corrected chi connectivity index (χ0v) is 17.8. The smallest absolute Gasteiger partial charge is 0.245 e. The Balaban J connectivity index is 2.19. The number of benzene rings is 2. The lowest BCUT2D eigenvalue weighted by Crippen LogP contribution is -2.37. The summed E-state index contributed by atoms with van der Waals surface area (Å²) in [5, 5.41) is 3.11. The highest BCUT2D eigenvalue weighted by molar-refractivity contribution is 9.10. The second-order valence-corrected chi connectivity index (χ2v) is 9.36. The van der Waals surface area contributed by atoms with Crippen LogP contribution in [0.15, 0.2) is 46.9 Å². The summed E-state index contributed by atoms with van der Waals surface area (Å²) < 4.78 is 26.1. The van der Waals surface area contributed by atoms with E-state index in [0.29, 0.717) is 26.8 Å². The summed E-state index contributed by atoms with van der Waals surface area (Å²) in [6, 6.07) is 12.1. The van der Waals surface area contributed by atoms with E-state index in [9.17, 15) is 13.2 Å². The Morgan fingerprint density at radius 2 is 1.81 bits per heavy atom. The summed E-state index contributed by atoms with van der Waals surface area (Å²) in [5.74, 6) is -0.122. The highest BCUT2D eigenvalue weighted by atomic mass is 79.9. The number of nitrogens with one attached hydrogen (secondary N) is 1. The van der Waals surface area contributed by atoms with E-state index in [1.807, 2.05) is 12.1 Å².